The summed E-state index contributed by atoms with van der Waals surface area (Å²) in [6, 6.07) is 28.3. The maximum absolute atomic E-state index is 7.46. The third kappa shape index (κ3) is 4.48. The topological polar surface area (TPSA) is 9.23 Å². The normalized spacial score (nSPS) is 16.2. The van der Waals surface area contributed by atoms with E-state index in [1.54, 1.807) is 0 Å². The van der Waals surface area contributed by atoms with Crippen LogP contribution in [0.4, 0.5) is 0 Å². The van der Waals surface area contributed by atoms with Crippen LogP contribution in [0.1, 0.15) is 31.9 Å². The van der Waals surface area contributed by atoms with Crippen LogP contribution in [0.2, 0.25) is 0 Å². The van der Waals surface area contributed by atoms with Crippen molar-refractivity contribution in [2.75, 3.05) is 0 Å². The van der Waals surface area contributed by atoms with E-state index in [1.165, 1.54) is 39.1 Å². The number of hydrogen-bond acceptors (Lipinski definition) is 1. The molecule has 1 atom stereocenters. The van der Waals surface area contributed by atoms with Crippen molar-refractivity contribution < 1.29 is 18.5 Å². The Morgan fingerprint density at radius 2 is 1.21 bits per heavy atom. The molecule has 3 aromatic rings. The Kier molecular flexibility index (Phi) is 8.84. The predicted octanol–water partition coefficient (Wildman–Crippen LogP) is 5.78. The van der Waals surface area contributed by atoms with Gasteiger partial charge in [-0.3, -0.25) is 0 Å². The molecule has 0 heterocycles. The van der Waals surface area contributed by atoms with Gasteiger partial charge in [0, 0.05) is 0 Å². The van der Waals surface area contributed by atoms with E-state index < -0.39 is 15.2 Å². The van der Waals surface area contributed by atoms with Gasteiger partial charge >= 0.3 is 198 Å². The summed E-state index contributed by atoms with van der Waals surface area (Å²) in [5.74, 6) is 1.25. The van der Waals surface area contributed by atoms with Gasteiger partial charge in [-0.2, -0.15) is 0 Å². The standard InChI is InChI=1S/C8H10O.C8H13Si.2C6H5.CH2.2ClH.Ti/c1-6-3-7(2)5-8(9)4-6;1-5-4-8(9)7(3)6(5)2;2*1-2-4-6-5-3-1;;;;/h3-5,9H,1-2H3;5H,1-3,9H3;2*1-5H;1H2;2*1H;/q;;;;;;;+1/p-1. The van der Waals surface area contributed by atoms with E-state index >= 15 is 0 Å². The Balaban J connectivity index is 0.00000204. The molecule has 1 unspecified atom stereocenters. The predicted molar refractivity (Wildman–Crippen MR) is 155 cm³/mol. The molecule has 1 aliphatic carbocycles. The zero-order valence-electron chi connectivity index (χ0n) is 21.0. The molecular formula is C29H36Cl2OSiTi. The van der Waals surface area contributed by atoms with E-state index in [2.05, 4.69) is 113 Å². The van der Waals surface area contributed by atoms with Gasteiger partial charge in [0.2, 0.25) is 0 Å². The van der Waals surface area contributed by atoms with Gasteiger partial charge in [0.25, 0.3) is 0 Å². The zero-order valence-corrected chi connectivity index (χ0v) is 26.2. The molecule has 4 rings (SSSR count). The van der Waals surface area contributed by atoms with Crippen LogP contribution in [0, 0.1) is 19.8 Å². The first-order chi connectivity index (χ1) is 15.2. The summed E-state index contributed by atoms with van der Waals surface area (Å²) in [5, 5.41) is 1.49. The summed E-state index contributed by atoms with van der Waals surface area (Å²) in [7, 11) is 0.976. The quantitative estimate of drug-likeness (QED) is 0.369. The molecule has 1 nitrogen and oxygen atoms in total. The van der Waals surface area contributed by atoms with Crippen molar-refractivity contribution in [1.82, 2.24) is 0 Å². The van der Waals surface area contributed by atoms with Crippen molar-refractivity contribution in [1.29, 1.82) is 0 Å². The number of allylic oxidation sites excluding steroid dienone is 4. The first-order valence-corrected chi connectivity index (χ1v) is 16.6. The Morgan fingerprint density at radius 3 is 1.59 bits per heavy atom. The minimum absolute atomic E-state index is 0. The van der Waals surface area contributed by atoms with Gasteiger partial charge in [0.15, 0.2) is 0 Å². The van der Waals surface area contributed by atoms with Gasteiger partial charge in [0.1, 0.15) is 0 Å². The van der Waals surface area contributed by atoms with E-state index in [0.717, 1.165) is 16.0 Å². The van der Waals surface area contributed by atoms with Crippen molar-refractivity contribution in [3.05, 3.63) is 110 Å². The van der Waals surface area contributed by atoms with Crippen molar-refractivity contribution in [3.63, 3.8) is 0 Å². The molecule has 0 radical (unpaired) electrons. The summed E-state index contributed by atoms with van der Waals surface area (Å²) in [4.78, 5) is 5.26. The number of hydrogen-bond donors (Lipinski definition) is 0. The molecule has 0 saturated carbocycles. The molecule has 34 heavy (non-hydrogen) atoms. The molecule has 0 N–H and O–H groups in total. The Bertz CT molecular complexity index is 1250. The molecule has 0 saturated heterocycles. The van der Waals surface area contributed by atoms with E-state index in [0.29, 0.717) is 5.92 Å². The van der Waals surface area contributed by atoms with E-state index in [-0.39, 0.29) is 24.8 Å². The second-order valence-corrected chi connectivity index (χ2v) is 17.8. The van der Waals surface area contributed by atoms with Crippen LogP contribution in [0.3, 0.4) is 0 Å². The number of rotatable bonds is 5. The average Bonchev–Trinajstić information content (AvgIpc) is 2.97. The molecule has 3 aromatic carbocycles. The second-order valence-electron chi connectivity index (χ2n) is 9.58. The van der Waals surface area contributed by atoms with Crippen LogP contribution in [-0.4, -0.2) is 15.1 Å². The molecule has 0 fully saturated rings. The number of benzene rings is 3. The van der Waals surface area contributed by atoms with Crippen molar-refractivity contribution in [3.8, 4) is 5.75 Å². The van der Waals surface area contributed by atoms with Crippen LogP contribution in [0.25, 0.3) is 0 Å². The molecule has 0 aliphatic heterocycles. The van der Waals surface area contributed by atoms with Crippen LogP contribution in [0.5, 0.6) is 5.75 Å². The zero-order chi connectivity index (χ0) is 23.1. The number of halogens is 2. The summed E-state index contributed by atoms with van der Waals surface area (Å²) in [6.45, 7) is 11.2. The van der Waals surface area contributed by atoms with Gasteiger partial charge in [-0.05, 0) is 0 Å². The third-order valence-corrected chi connectivity index (χ3v) is 18.6. The van der Waals surface area contributed by atoms with E-state index in [9.17, 15) is 0 Å². The fraction of sp³-hybridized carbons (Fsp3) is 0.207. The third-order valence-electron chi connectivity index (χ3n) is 7.52. The summed E-state index contributed by atoms with van der Waals surface area (Å²) in [5.41, 5.74) is 5.33. The minimum atomic E-state index is -4.49. The van der Waals surface area contributed by atoms with Crippen LogP contribution in [0.15, 0.2) is 99.1 Å². The Hall–Kier alpha value is -1.68. The second kappa shape index (κ2) is 10.5. The fourth-order valence-corrected chi connectivity index (χ4v) is 17.8. The van der Waals surface area contributed by atoms with Gasteiger partial charge in [-0.25, -0.2) is 0 Å². The first-order valence-electron chi connectivity index (χ1n) is 11.5. The monoisotopic (exact) mass is 546 g/mol. The molecule has 180 valence electrons. The van der Waals surface area contributed by atoms with Crippen molar-refractivity contribution in [2.24, 2.45) is 5.92 Å². The van der Waals surface area contributed by atoms with E-state index in [1.807, 2.05) is 0 Å². The summed E-state index contributed by atoms with van der Waals surface area (Å²) >= 11 is -4.49. The summed E-state index contributed by atoms with van der Waals surface area (Å²) < 4.78 is 11.4. The fourth-order valence-electron chi connectivity index (χ4n) is 5.70. The van der Waals surface area contributed by atoms with Gasteiger partial charge < -0.3 is 0 Å². The molecule has 0 bridgehead atoms. The molecule has 0 spiro atoms. The first kappa shape index (κ1) is 28.6. The summed E-state index contributed by atoms with van der Waals surface area (Å²) in [6.07, 6.45) is 0. The van der Waals surface area contributed by atoms with Crippen molar-refractivity contribution in [2.45, 2.75) is 34.6 Å². The van der Waals surface area contributed by atoms with Crippen molar-refractivity contribution >= 4 is 47.6 Å². The van der Waals surface area contributed by atoms with Gasteiger partial charge in [-0.15, -0.1) is 24.8 Å². The molecule has 0 amide bonds. The number of aryl methyl sites for hydroxylation is 2. The molecule has 1 aliphatic rings. The maximum atomic E-state index is 7.46. The van der Waals surface area contributed by atoms with Crippen LogP contribution < -0.4 is 11.1 Å². The van der Waals surface area contributed by atoms with Gasteiger partial charge in [-0.1, -0.05) is 0 Å². The molecule has 0 aromatic heterocycles. The SMILES string of the molecule is Cl.Cl.[CH2]=[Ti]([O]c1cc(C)cc(C)c1)([C]1=C([SiH3])C(C)=C(C)C1C)([c]1ccccc1)[c]1ccccc1. The van der Waals surface area contributed by atoms with Crippen LogP contribution >= 0.6 is 24.8 Å². The molecular weight excluding hydrogens is 511 g/mol. The van der Waals surface area contributed by atoms with Gasteiger partial charge in [0.05, 0.1) is 0 Å². The Labute approximate surface area is 221 Å². The average molecular weight is 547 g/mol. The van der Waals surface area contributed by atoms with Crippen LogP contribution in [-0.2, 0) is 15.2 Å². The van der Waals surface area contributed by atoms with E-state index in [4.69, 9.17) is 8.14 Å². The Morgan fingerprint density at radius 1 is 0.765 bits per heavy atom. The molecule has 5 heteroatoms.